The van der Waals surface area contributed by atoms with E-state index in [4.69, 9.17) is 16.7 Å². The molecule has 1 unspecified atom stereocenters. The molecule has 0 saturated heterocycles. The number of nitrogens with one attached hydrogen (secondary N) is 1. The third-order valence-corrected chi connectivity index (χ3v) is 5.13. The van der Waals surface area contributed by atoms with Crippen molar-refractivity contribution in [3.8, 4) is 0 Å². The second-order valence-electron chi connectivity index (χ2n) is 4.51. The van der Waals surface area contributed by atoms with E-state index in [0.717, 1.165) is 21.5 Å². The third kappa shape index (κ3) is 2.55. The van der Waals surface area contributed by atoms with Crippen molar-refractivity contribution in [2.24, 2.45) is 0 Å². The van der Waals surface area contributed by atoms with Crippen molar-refractivity contribution >= 4 is 55.7 Å². The van der Waals surface area contributed by atoms with Gasteiger partial charge in [-0.15, -0.1) is 11.3 Å². The number of hydrogen-bond donors (Lipinski definition) is 2. The first-order chi connectivity index (χ1) is 9.54. The molecule has 4 nitrogen and oxygen atoms in total. The molecule has 0 spiro atoms. The lowest BCUT2D eigenvalue weighted by atomic mass is 10.1. The summed E-state index contributed by atoms with van der Waals surface area (Å²) < 4.78 is 0.843. The molecule has 1 heterocycles. The number of aromatic nitrogens is 1. The number of fused-ring (bicyclic) bond motifs is 1. The maximum absolute atomic E-state index is 11.1. The van der Waals surface area contributed by atoms with Crippen LogP contribution in [0.4, 0.5) is 10.8 Å². The van der Waals surface area contributed by atoms with E-state index in [9.17, 15) is 4.79 Å². The first kappa shape index (κ1) is 13.9. The number of hydrogen-bond acceptors (Lipinski definition) is 4. The van der Waals surface area contributed by atoms with Gasteiger partial charge in [-0.05, 0) is 47.0 Å². The smallest absolute Gasteiger partial charge is 0.312 e. The quantitative estimate of drug-likeness (QED) is 0.836. The lowest BCUT2D eigenvalue weighted by Gasteiger charge is -2.06. The van der Waals surface area contributed by atoms with Gasteiger partial charge < -0.3 is 10.4 Å². The van der Waals surface area contributed by atoms with Crippen LogP contribution in [-0.2, 0) is 11.2 Å². The van der Waals surface area contributed by atoms with Crippen LogP contribution in [0.15, 0.2) is 22.7 Å². The first-order valence-corrected chi connectivity index (χ1v) is 7.98. The van der Waals surface area contributed by atoms with Crippen LogP contribution >= 0.6 is 38.9 Å². The van der Waals surface area contributed by atoms with Gasteiger partial charge in [-0.25, -0.2) is 4.98 Å². The van der Waals surface area contributed by atoms with E-state index in [2.05, 4.69) is 26.2 Å². The zero-order chi connectivity index (χ0) is 14.3. The highest BCUT2D eigenvalue weighted by Crippen LogP contribution is 2.40. The largest absolute Gasteiger partial charge is 0.481 e. The molecule has 20 heavy (non-hydrogen) atoms. The van der Waals surface area contributed by atoms with Gasteiger partial charge in [0.2, 0.25) is 0 Å². The van der Waals surface area contributed by atoms with Gasteiger partial charge in [0.05, 0.1) is 11.4 Å². The van der Waals surface area contributed by atoms with Gasteiger partial charge in [0.15, 0.2) is 5.13 Å². The molecule has 0 fully saturated rings. The number of aliphatic carboxylic acids is 1. The molecule has 1 aromatic heterocycles. The highest BCUT2D eigenvalue weighted by atomic mass is 79.9. The Hall–Kier alpha value is -1.11. The summed E-state index contributed by atoms with van der Waals surface area (Å²) in [4.78, 5) is 16.6. The Morgan fingerprint density at radius 2 is 2.35 bits per heavy atom. The maximum Gasteiger partial charge on any atom is 0.312 e. The Morgan fingerprint density at radius 3 is 3.05 bits per heavy atom. The molecule has 0 radical (unpaired) electrons. The van der Waals surface area contributed by atoms with Crippen LogP contribution in [0.3, 0.4) is 0 Å². The van der Waals surface area contributed by atoms with Crippen molar-refractivity contribution in [3.63, 3.8) is 0 Å². The number of aryl methyl sites for hydroxylation is 1. The van der Waals surface area contributed by atoms with Crippen LogP contribution in [0.25, 0.3) is 0 Å². The molecule has 7 heteroatoms. The number of benzene rings is 1. The van der Waals surface area contributed by atoms with Crippen molar-refractivity contribution in [2.75, 3.05) is 5.32 Å². The number of carboxylic acids is 1. The number of rotatable bonds is 3. The summed E-state index contributed by atoms with van der Waals surface area (Å²) in [5.41, 5.74) is 1.56. The summed E-state index contributed by atoms with van der Waals surface area (Å²) in [6.45, 7) is 0. The first-order valence-electron chi connectivity index (χ1n) is 5.99. The lowest BCUT2D eigenvalue weighted by molar-refractivity contribution is -0.138. The topological polar surface area (TPSA) is 62.2 Å². The fourth-order valence-electron chi connectivity index (χ4n) is 2.23. The summed E-state index contributed by atoms with van der Waals surface area (Å²) >= 11 is 10.8. The second kappa shape index (κ2) is 5.35. The molecule has 2 N–H and O–H groups in total. The number of nitrogens with zero attached hydrogens (tertiary/aromatic N) is 1. The minimum absolute atomic E-state index is 0.467. The molecule has 1 aliphatic rings. The van der Waals surface area contributed by atoms with E-state index in [0.29, 0.717) is 22.3 Å². The third-order valence-electron chi connectivity index (χ3n) is 3.19. The van der Waals surface area contributed by atoms with Gasteiger partial charge in [-0.1, -0.05) is 11.6 Å². The van der Waals surface area contributed by atoms with E-state index in [-0.39, 0.29) is 0 Å². The average molecular weight is 374 g/mol. The van der Waals surface area contributed by atoms with Crippen LogP contribution in [-0.4, -0.2) is 16.1 Å². The molecular formula is C13H10BrClN2O2S. The number of halogens is 2. The van der Waals surface area contributed by atoms with E-state index in [1.807, 2.05) is 6.07 Å². The zero-order valence-corrected chi connectivity index (χ0v) is 13.3. The van der Waals surface area contributed by atoms with Crippen molar-refractivity contribution in [1.82, 2.24) is 4.98 Å². The molecule has 2 aromatic rings. The van der Waals surface area contributed by atoms with Crippen LogP contribution in [0.2, 0.25) is 5.02 Å². The van der Waals surface area contributed by atoms with Gasteiger partial charge in [-0.3, -0.25) is 4.79 Å². The van der Waals surface area contributed by atoms with Crippen molar-refractivity contribution in [3.05, 3.63) is 38.3 Å². The second-order valence-corrected chi connectivity index (χ2v) is 6.88. The molecular weight excluding hydrogens is 364 g/mol. The van der Waals surface area contributed by atoms with Crippen molar-refractivity contribution in [1.29, 1.82) is 0 Å². The Morgan fingerprint density at radius 1 is 1.55 bits per heavy atom. The molecule has 3 rings (SSSR count). The minimum atomic E-state index is -0.798. The number of anilines is 2. The predicted octanol–water partition coefficient (Wildman–Crippen LogP) is 4.42. The monoisotopic (exact) mass is 372 g/mol. The van der Waals surface area contributed by atoms with Gasteiger partial charge >= 0.3 is 5.97 Å². The predicted molar refractivity (Wildman–Crippen MR) is 83.2 cm³/mol. The summed E-state index contributed by atoms with van der Waals surface area (Å²) in [5, 5.41) is 13.7. The summed E-state index contributed by atoms with van der Waals surface area (Å²) in [7, 11) is 0. The summed E-state index contributed by atoms with van der Waals surface area (Å²) in [6.07, 6.45) is 1.43. The minimum Gasteiger partial charge on any atom is -0.481 e. The molecule has 104 valence electrons. The van der Waals surface area contributed by atoms with Gasteiger partial charge in [-0.2, -0.15) is 0 Å². The standard InChI is InChI=1S/C13H10BrClN2O2S/c14-8-5-6(15)1-3-9(8)16-13-17-11-7(12(18)19)2-4-10(11)20-13/h1,3,5,7H,2,4H2,(H,16,17)(H,18,19). The van der Waals surface area contributed by atoms with E-state index in [1.54, 1.807) is 12.1 Å². The Balaban J connectivity index is 1.86. The average Bonchev–Trinajstić information content (AvgIpc) is 2.91. The molecule has 1 aliphatic carbocycles. The fraction of sp³-hybridized carbons (Fsp3) is 0.231. The van der Waals surface area contributed by atoms with Crippen LogP contribution < -0.4 is 5.32 Å². The van der Waals surface area contributed by atoms with E-state index < -0.39 is 11.9 Å². The SMILES string of the molecule is O=C(O)C1CCc2sc(Nc3ccc(Cl)cc3Br)nc21. The molecule has 0 saturated carbocycles. The normalized spacial score (nSPS) is 17.0. The highest BCUT2D eigenvalue weighted by molar-refractivity contribution is 9.10. The fourth-order valence-corrected chi connectivity index (χ4v) is 4.06. The molecule has 0 amide bonds. The number of carbonyl (C=O) groups is 1. The Bertz CT molecular complexity index is 689. The Kier molecular flexibility index (Phi) is 3.70. The summed E-state index contributed by atoms with van der Waals surface area (Å²) in [6, 6.07) is 5.44. The van der Waals surface area contributed by atoms with Gasteiger partial charge in [0, 0.05) is 14.4 Å². The van der Waals surface area contributed by atoms with Gasteiger partial charge in [0.25, 0.3) is 0 Å². The van der Waals surface area contributed by atoms with Gasteiger partial charge in [0.1, 0.15) is 5.92 Å². The Labute approximate surface area is 132 Å². The van der Waals surface area contributed by atoms with Crippen molar-refractivity contribution in [2.45, 2.75) is 18.8 Å². The van der Waals surface area contributed by atoms with E-state index in [1.165, 1.54) is 11.3 Å². The lowest BCUT2D eigenvalue weighted by Crippen LogP contribution is -2.08. The molecule has 1 aromatic carbocycles. The van der Waals surface area contributed by atoms with Crippen molar-refractivity contribution < 1.29 is 9.90 Å². The summed E-state index contributed by atoms with van der Waals surface area (Å²) in [5.74, 6) is -1.27. The van der Waals surface area contributed by atoms with Crippen LogP contribution in [0.5, 0.6) is 0 Å². The number of carboxylic acid groups (broad SMARTS) is 1. The van der Waals surface area contributed by atoms with Crippen LogP contribution in [0.1, 0.15) is 22.9 Å². The molecule has 1 atom stereocenters. The highest BCUT2D eigenvalue weighted by Gasteiger charge is 2.32. The maximum atomic E-state index is 11.1. The molecule has 0 aliphatic heterocycles. The van der Waals surface area contributed by atoms with Crippen LogP contribution in [0, 0.1) is 0 Å². The number of thiazole rings is 1. The molecule has 0 bridgehead atoms. The zero-order valence-electron chi connectivity index (χ0n) is 10.2. The van der Waals surface area contributed by atoms with E-state index >= 15 is 0 Å².